The molecular formula is C9H17BrN2O. The summed E-state index contributed by atoms with van der Waals surface area (Å²) in [5, 5.41) is 0.909. The van der Waals surface area contributed by atoms with Crippen molar-refractivity contribution < 1.29 is 4.79 Å². The molecular weight excluding hydrogens is 232 g/mol. The highest BCUT2D eigenvalue weighted by Crippen LogP contribution is 2.10. The molecule has 0 saturated carbocycles. The maximum atomic E-state index is 11.5. The van der Waals surface area contributed by atoms with Gasteiger partial charge < -0.3 is 10.6 Å². The van der Waals surface area contributed by atoms with Gasteiger partial charge in [-0.15, -0.1) is 0 Å². The number of alkyl halides is 1. The zero-order valence-electron chi connectivity index (χ0n) is 7.84. The number of halogens is 1. The fourth-order valence-corrected chi connectivity index (χ4v) is 1.81. The highest BCUT2D eigenvalue weighted by Gasteiger charge is 2.19. The normalized spacial score (nSPS) is 19.1. The molecule has 0 aromatic rings. The molecule has 1 fully saturated rings. The number of piperidine rings is 1. The second-order valence-electron chi connectivity index (χ2n) is 3.51. The first-order valence-corrected chi connectivity index (χ1v) is 5.95. The van der Waals surface area contributed by atoms with E-state index in [1.165, 1.54) is 0 Å². The Morgan fingerprint density at radius 3 is 2.62 bits per heavy atom. The van der Waals surface area contributed by atoms with Crippen LogP contribution in [0.5, 0.6) is 0 Å². The van der Waals surface area contributed by atoms with Crippen molar-refractivity contribution in [3.8, 4) is 0 Å². The summed E-state index contributed by atoms with van der Waals surface area (Å²) in [5.74, 6) is 0.284. The Morgan fingerprint density at radius 2 is 2.08 bits per heavy atom. The summed E-state index contributed by atoms with van der Waals surface area (Å²) in [6.45, 7) is 1.70. The van der Waals surface area contributed by atoms with Crippen LogP contribution in [0.3, 0.4) is 0 Å². The van der Waals surface area contributed by atoms with Crippen molar-refractivity contribution in [1.82, 2.24) is 4.90 Å². The van der Waals surface area contributed by atoms with E-state index in [9.17, 15) is 4.79 Å². The summed E-state index contributed by atoms with van der Waals surface area (Å²) < 4.78 is 0. The van der Waals surface area contributed by atoms with Crippen molar-refractivity contribution in [2.75, 3.05) is 18.4 Å². The van der Waals surface area contributed by atoms with Crippen LogP contribution in [0.25, 0.3) is 0 Å². The average molecular weight is 249 g/mol. The lowest BCUT2D eigenvalue weighted by Gasteiger charge is -2.30. The Hall–Kier alpha value is -0.0900. The van der Waals surface area contributed by atoms with Crippen LogP contribution in [0.1, 0.15) is 25.7 Å². The zero-order valence-corrected chi connectivity index (χ0v) is 9.42. The summed E-state index contributed by atoms with van der Waals surface area (Å²) in [5.41, 5.74) is 5.75. The van der Waals surface area contributed by atoms with Crippen molar-refractivity contribution in [3.05, 3.63) is 0 Å². The van der Waals surface area contributed by atoms with Crippen LogP contribution in [0.2, 0.25) is 0 Å². The van der Waals surface area contributed by atoms with Gasteiger partial charge in [-0.1, -0.05) is 15.9 Å². The first kappa shape index (κ1) is 11.0. The molecule has 1 aliphatic heterocycles. The van der Waals surface area contributed by atoms with Crippen molar-refractivity contribution in [1.29, 1.82) is 0 Å². The van der Waals surface area contributed by atoms with Crippen LogP contribution in [-0.4, -0.2) is 35.3 Å². The maximum absolute atomic E-state index is 11.5. The number of nitrogens with two attached hydrogens (primary N) is 1. The van der Waals surface area contributed by atoms with Crippen molar-refractivity contribution >= 4 is 21.8 Å². The largest absolute Gasteiger partial charge is 0.343 e. The number of hydrogen-bond donors (Lipinski definition) is 1. The smallest absolute Gasteiger partial charge is 0.222 e. The third-order valence-corrected chi connectivity index (χ3v) is 2.98. The predicted molar refractivity (Wildman–Crippen MR) is 56.8 cm³/mol. The molecule has 1 rings (SSSR count). The maximum Gasteiger partial charge on any atom is 0.222 e. The van der Waals surface area contributed by atoms with Crippen LogP contribution in [0, 0.1) is 0 Å². The number of carbonyl (C=O) groups excluding carboxylic acids is 1. The summed E-state index contributed by atoms with van der Waals surface area (Å²) in [6.07, 6.45) is 3.52. The first-order chi connectivity index (χ1) is 6.24. The number of hydrogen-bond acceptors (Lipinski definition) is 2. The monoisotopic (exact) mass is 248 g/mol. The molecule has 4 heteroatoms. The highest BCUT2D eigenvalue weighted by atomic mass is 79.9. The topological polar surface area (TPSA) is 46.3 Å². The molecule has 1 amide bonds. The van der Waals surface area contributed by atoms with Crippen LogP contribution in [0.15, 0.2) is 0 Å². The summed E-state index contributed by atoms with van der Waals surface area (Å²) >= 11 is 3.32. The van der Waals surface area contributed by atoms with E-state index in [1.807, 2.05) is 4.90 Å². The molecule has 0 radical (unpaired) electrons. The number of carbonyl (C=O) groups is 1. The molecule has 3 nitrogen and oxygen atoms in total. The first-order valence-electron chi connectivity index (χ1n) is 4.83. The Bertz CT molecular complexity index is 167. The van der Waals surface area contributed by atoms with Gasteiger partial charge in [0.2, 0.25) is 5.91 Å². The lowest BCUT2D eigenvalue weighted by Crippen LogP contribution is -2.42. The molecule has 0 unspecified atom stereocenters. The lowest BCUT2D eigenvalue weighted by molar-refractivity contribution is -0.132. The minimum atomic E-state index is 0.284. The molecule has 2 N–H and O–H groups in total. The molecule has 0 spiro atoms. The molecule has 1 saturated heterocycles. The summed E-state index contributed by atoms with van der Waals surface area (Å²) in [4.78, 5) is 13.5. The fraction of sp³-hybridized carbons (Fsp3) is 0.889. The lowest BCUT2D eigenvalue weighted by atomic mass is 10.1. The van der Waals surface area contributed by atoms with Gasteiger partial charge in [0.25, 0.3) is 0 Å². The molecule has 0 aliphatic carbocycles. The fourth-order valence-electron chi connectivity index (χ4n) is 1.53. The number of amides is 1. The molecule has 0 atom stereocenters. The summed E-state index contributed by atoms with van der Waals surface area (Å²) in [6, 6.07) is 0.306. The van der Waals surface area contributed by atoms with Crippen molar-refractivity contribution in [2.24, 2.45) is 5.73 Å². The number of rotatable bonds is 3. The molecule has 0 aromatic heterocycles. The number of nitrogens with zero attached hydrogens (tertiary/aromatic N) is 1. The second kappa shape index (κ2) is 5.60. The van der Waals surface area contributed by atoms with Gasteiger partial charge >= 0.3 is 0 Å². The van der Waals surface area contributed by atoms with Crippen LogP contribution in [0.4, 0.5) is 0 Å². The van der Waals surface area contributed by atoms with Crippen LogP contribution < -0.4 is 5.73 Å². The van der Waals surface area contributed by atoms with E-state index in [4.69, 9.17) is 5.73 Å². The van der Waals surface area contributed by atoms with Gasteiger partial charge in [-0.3, -0.25) is 4.79 Å². The molecule has 76 valence electrons. The third-order valence-electron chi connectivity index (χ3n) is 2.42. The zero-order chi connectivity index (χ0) is 9.68. The Kier molecular flexibility index (Phi) is 4.73. The molecule has 0 bridgehead atoms. The van der Waals surface area contributed by atoms with E-state index < -0.39 is 0 Å². The molecule has 1 heterocycles. The van der Waals surface area contributed by atoms with Crippen LogP contribution >= 0.6 is 15.9 Å². The Labute approximate surface area is 87.8 Å². The summed E-state index contributed by atoms with van der Waals surface area (Å²) in [7, 11) is 0. The standard InChI is InChI=1S/C9H17BrN2O/c10-5-1-2-9(13)12-6-3-8(11)4-7-12/h8H,1-7,11H2. The van der Waals surface area contributed by atoms with Gasteiger partial charge in [-0.25, -0.2) is 0 Å². The quantitative estimate of drug-likeness (QED) is 0.761. The van der Waals surface area contributed by atoms with Gasteiger partial charge in [0.1, 0.15) is 0 Å². The Morgan fingerprint density at radius 1 is 1.46 bits per heavy atom. The minimum Gasteiger partial charge on any atom is -0.343 e. The van der Waals surface area contributed by atoms with E-state index >= 15 is 0 Å². The average Bonchev–Trinajstić information content (AvgIpc) is 2.15. The predicted octanol–water partition coefficient (Wildman–Crippen LogP) is 1.11. The SMILES string of the molecule is NC1CCN(C(=O)CCCBr)CC1. The van der Waals surface area contributed by atoms with Gasteiger partial charge in [0.15, 0.2) is 0 Å². The van der Waals surface area contributed by atoms with E-state index in [0.717, 1.165) is 37.7 Å². The van der Waals surface area contributed by atoms with E-state index in [-0.39, 0.29) is 5.91 Å². The van der Waals surface area contributed by atoms with Crippen molar-refractivity contribution in [3.63, 3.8) is 0 Å². The minimum absolute atomic E-state index is 0.284. The second-order valence-corrected chi connectivity index (χ2v) is 4.30. The van der Waals surface area contributed by atoms with E-state index in [2.05, 4.69) is 15.9 Å². The van der Waals surface area contributed by atoms with Gasteiger partial charge in [0.05, 0.1) is 0 Å². The Balaban J connectivity index is 2.23. The number of likely N-dealkylation sites (tertiary alicyclic amines) is 1. The third kappa shape index (κ3) is 3.65. The van der Waals surface area contributed by atoms with Crippen LogP contribution in [-0.2, 0) is 4.79 Å². The van der Waals surface area contributed by atoms with E-state index in [1.54, 1.807) is 0 Å². The van der Waals surface area contributed by atoms with Gasteiger partial charge in [-0.05, 0) is 19.3 Å². The van der Waals surface area contributed by atoms with Crippen molar-refractivity contribution in [2.45, 2.75) is 31.7 Å². The molecule has 13 heavy (non-hydrogen) atoms. The molecule has 0 aromatic carbocycles. The van der Waals surface area contributed by atoms with Gasteiger partial charge in [0, 0.05) is 30.9 Å². The van der Waals surface area contributed by atoms with Gasteiger partial charge in [-0.2, -0.15) is 0 Å². The molecule has 1 aliphatic rings. The van der Waals surface area contributed by atoms with E-state index in [0.29, 0.717) is 12.5 Å². The highest BCUT2D eigenvalue weighted by molar-refractivity contribution is 9.09.